The van der Waals surface area contributed by atoms with Crippen molar-refractivity contribution in [3.8, 4) is 22.3 Å². The first-order valence-electron chi connectivity index (χ1n) is 10.5. The third-order valence-electron chi connectivity index (χ3n) is 6.04. The second kappa shape index (κ2) is 8.78. The molecule has 0 aromatic heterocycles. The fraction of sp³-hybridized carbons (Fsp3) is 0.259. The van der Waals surface area contributed by atoms with E-state index in [4.69, 9.17) is 17.0 Å². The predicted molar refractivity (Wildman–Crippen MR) is 129 cm³/mol. The molecular formula is C27H27Cl2Zr. The molecule has 1 aliphatic rings. The molecule has 0 radical (unpaired) electrons. The summed E-state index contributed by atoms with van der Waals surface area (Å²) in [6.45, 7) is 9.05. The fourth-order valence-electron chi connectivity index (χ4n) is 4.55. The number of hydrogen-bond donors (Lipinski definition) is 0. The summed E-state index contributed by atoms with van der Waals surface area (Å²) < 4.78 is 0.211. The van der Waals surface area contributed by atoms with Crippen LogP contribution in [0.4, 0.5) is 0 Å². The number of benzene rings is 3. The molecule has 3 aromatic carbocycles. The van der Waals surface area contributed by atoms with Gasteiger partial charge in [-0.1, -0.05) is 0 Å². The molecule has 3 heteroatoms. The van der Waals surface area contributed by atoms with Crippen molar-refractivity contribution in [2.45, 2.75) is 37.7 Å². The van der Waals surface area contributed by atoms with Gasteiger partial charge in [0, 0.05) is 0 Å². The summed E-state index contributed by atoms with van der Waals surface area (Å²) in [7, 11) is 13.5. The molecule has 0 nitrogen and oxygen atoms in total. The monoisotopic (exact) mass is 511 g/mol. The van der Waals surface area contributed by atoms with Gasteiger partial charge in [-0.2, -0.15) is 0 Å². The molecule has 1 aliphatic carbocycles. The van der Waals surface area contributed by atoms with Crippen LogP contribution in [0.2, 0.25) is 0 Å². The SMILES string of the molecule is CCc1ccccc1-c1c(-c2ccccc2)ccc2c1C=C(C(C)(C)C)[CH]2[Zr]([Cl])[Cl]. The Morgan fingerprint density at radius 2 is 1.50 bits per heavy atom. The zero-order valence-corrected chi connectivity index (χ0v) is 21.9. The summed E-state index contributed by atoms with van der Waals surface area (Å²) in [4.78, 5) is 0. The van der Waals surface area contributed by atoms with Gasteiger partial charge < -0.3 is 0 Å². The average molecular weight is 514 g/mol. The van der Waals surface area contributed by atoms with Gasteiger partial charge in [-0.25, -0.2) is 0 Å². The molecule has 0 saturated carbocycles. The van der Waals surface area contributed by atoms with Gasteiger partial charge in [0.1, 0.15) is 0 Å². The topological polar surface area (TPSA) is 0 Å². The van der Waals surface area contributed by atoms with Gasteiger partial charge >= 0.3 is 197 Å². The Hall–Kier alpha value is -1.14. The summed E-state index contributed by atoms with van der Waals surface area (Å²) in [5, 5.41) is 0. The van der Waals surface area contributed by atoms with Crippen LogP contribution < -0.4 is 0 Å². The van der Waals surface area contributed by atoms with E-state index in [0.29, 0.717) is 0 Å². The normalized spacial score (nSPS) is 15.7. The van der Waals surface area contributed by atoms with Crippen molar-refractivity contribution >= 4 is 23.1 Å². The molecule has 0 bridgehead atoms. The first kappa shape index (κ1) is 22.1. The zero-order valence-electron chi connectivity index (χ0n) is 18.0. The van der Waals surface area contributed by atoms with Crippen molar-refractivity contribution in [2.75, 3.05) is 0 Å². The van der Waals surface area contributed by atoms with Crippen LogP contribution in [0.25, 0.3) is 28.3 Å². The van der Waals surface area contributed by atoms with E-state index in [0.717, 1.165) is 6.42 Å². The molecule has 0 amide bonds. The Kier molecular flexibility index (Phi) is 6.46. The molecule has 0 spiro atoms. The summed E-state index contributed by atoms with van der Waals surface area (Å²) >= 11 is -2.58. The van der Waals surface area contributed by atoms with Gasteiger partial charge in [0.25, 0.3) is 0 Å². The molecule has 3 aromatic rings. The number of rotatable bonds is 4. The maximum atomic E-state index is 6.75. The number of hydrogen-bond acceptors (Lipinski definition) is 0. The van der Waals surface area contributed by atoms with Crippen LogP contribution >= 0.6 is 17.0 Å². The second-order valence-corrected chi connectivity index (χ2v) is 17.7. The van der Waals surface area contributed by atoms with Crippen LogP contribution in [0.1, 0.15) is 48.0 Å². The number of fused-ring (bicyclic) bond motifs is 1. The molecule has 0 N–H and O–H groups in total. The van der Waals surface area contributed by atoms with Crippen LogP contribution in [0.3, 0.4) is 0 Å². The van der Waals surface area contributed by atoms with Crippen LogP contribution in [-0.2, 0) is 25.8 Å². The van der Waals surface area contributed by atoms with Crippen molar-refractivity contribution in [3.63, 3.8) is 0 Å². The standard InChI is InChI=1S/C27H27.2ClH.Zr/c1-5-19-11-9-10-14-23(19)26-24(20-12-7-6-8-13-20)16-15-21-17-22(18-25(21)26)27(2,3)4;;;/h6-18H,5H2,1-4H3;2*1H;/q;;;+2/p-2. The van der Waals surface area contributed by atoms with Crippen LogP contribution in [-0.4, -0.2) is 0 Å². The summed E-state index contributed by atoms with van der Waals surface area (Å²) in [6, 6.07) is 24.0. The van der Waals surface area contributed by atoms with Gasteiger partial charge in [-0.15, -0.1) is 0 Å². The molecular weight excluding hydrogens is 486 g/mol. The van der Waals surface area contributed by atoms with Crippen LogP contribution in [0, 0.1) is 5.41 Å². The third kappa shape index (κ3) is 4.02. The van der Waals surface area contributed by atoms with Crippen LogP contribution in [0.15, 0.2) is 72.3 Å². The zero-order chi connectivity index (χ0) is 21.5. The summed E-state index contributed by atoms with van der Waals surface area (Å²) in [5.74, 6) is 0. The molecule has 1 unspecified atom stereocenters. The Labute approximate surface area is 195 Å². The molecule has 153 valence electrons. The van der Waals surface area contributed by atoms with Crippen molar-refractivity contribution in [2.24, 2.45) is 5.41 Å². The Balaban J connectivity index is 2.08. The van der Waals surface area contributed by atoms with Gasteiger partial charge in [0.15, 0.2) is 0 Å². The van der Waals surface area contributed by atoms with Gasteiger partial charge in [0.05, 0.1) is 0 Å². The number of aryl methyl sites for hydroxylation is 1. The van der Waals surface area contributed by atoms with E-state index >= 15 is 0 Å². The molecule has 4 rings (SSSR count). The van der Waals surface area contributed by atoms with E-state index < -0.39 is 19.4 Å². The van der Waals surface area contributed by atoms with Gasteiger partial charge in [-0.05, 0) is 0 Å². The number of allylic oxidation sites excluding steroid dienone is 1. The quantitative estimate of drug-likeness (QED) is 0.327. The number of halogens is 2. The first-order chi connectivity index (χ1) is 14.3. The Bertz CT molecular complexity index is 1090. The second-order valence-electron chi connectivity index (χ2n) is 8.94. The predicted octanol–water partition coefficient (Wildman–Crippen LogP) is 8.99. The summed E-state index contributed by atoms with van der Waals surface area (Å²) in [5.41, 5.74) is 10.6. The average Bonchev–Trinajstić information content (AvgIpc) is 3.14. The van der Waals surface area contributed by atoms with Crippen molar-refractivity contribution < 1.29 is 19.4 Å². The van der Waals surface area contributed by atoms with E-state index in [9.17, 15) is 0 Å². The van der Waals surface area contributed by atoms with E-state index in [2.05, 4.69) is 101 Å². The van der Waals surface area contributed by atoms with Gasteiger partial charge in [-0.3, -0.25) is 0 Å². The first-order valence-corrected chi connectivity index (χ1v) is 18.3. The van der Waals surface area contributed by atoms with E-state index in [1.807, 2.05) is 0 Å². The molecule has 0 aliphatic heterocycles. The molecule has 0 saturated heterocycles. The molecule has 0 fully saturated rings. The van der Waals surface area contributed by atoms with Crippen molar-refractivity contribution in [1.82, 2.24) is 0 Å². The van der Waals surface area contributed by atoms with Crippen LogP contribution in [0.5, 0.6) is 0 Å². The molecule has 0 heterocycles. The molecule has 1 atom stereocenters. The van der Waals surface area contributed by atoms with Crippen molar-refractivity contribution in [3.05, 3.63) is 89.0 Å². The summed E-state index contributed by atoms with van der Waals surface area (Å²) in [6.07, 6.45) is 3.40. The Morgan fingerprint density at radius 3 is 2.13 bits per heavy atom. The van der Waals surface area contributed by atoms with E-state index in [1.54, 1.807) is 0 Å². The maximum absolute atomic E-state index is 6.75. The minimum absolute atomic E-state index is 0.0354. The van der Waals surface area contributed by atoms with Gasteiger partial charge in [0.2, 0.25) is 0 Å². The molecule has 30 heavy (non-hydrogen) atoms. The fourth-order valence-corrected chi connectivity index (χ4v) is 10.4. The van der Waals surface area contributed by atoms with E-state index in [-0.39, 0.29) is 9.04 Å². The van der Waals surface area contributed by atoms with Crippen molar-refractivity contribution in [1.29, 1.82) is 0 Å². The third-order valence-corrected chi connectivity index (χ3v) is 11.2. The van der Waals surface area contributed by atoms with E-state index in [1.165, 1.54) is 44.5 Å². The Morgan fingerprint density at radius 1 is 0.833 bits per heavy atom. The minimum atomic E-state index is -2.58.